The number of benzene rings is 1. The van der Waals surface area contributed by atoms with Gasteiger partial charge in [0.25, 0.3) is 0 Å². The zero-order valence-electron chi connectivity index (χ0n) is 13.2. The molecule has 0 bridgehead atoms. The van der Waals surface area contributed by atoms with E-state index in [1.165, 1.54) is 0 Å². The Hall–Kier alpha value is -1.96. The molecule has 0 aliphatic carbocycles. The molecule has 0 saturated heterocycles. The lowest BCUT2D eigenvalue weighted by Crippen LogP contribution is -2.40. The van der Waals surface area contributed by atoms with Crippen molar-refractivity contribution in [3.05, 3.63) is 35.3 Å². The Bertz CT molecular complexity index is 645. The summed E-state index contributed by atoms with van der Waals surface area (Å²) in [7, 11) is 1.58. The van der Waals surface area contributed by atoms with Crippen molar-refractivity contribution >= 4 is 23.1 Å². The van der Waals surface area contributed by atoms with Crippen LogP contribution in [0.3, 0.4) is 0 Å². The van der Waals surface area contributed by atoms with Gasteiger partial charge in [-0.25, -0.2) is 9.78 Å². The topological polar surface area (TPSA) is 83.5 Å². The molecular formula is C16H21N3O3S. The first-order valence-electron chi connectivity index (χ1n) is 7.32. The molecule has 1 aromatic carbocycles. The van der Waals surface area contributed by atoms with E-state index in [1.54, 1.807) is 18.4 Å². The van der Waals surface area contributed by atoms with Crippen LogP contribution in [0.25, 0.3) is 10.6 Å². The van der Waals surface area contributed by atoms with Crippen molar-refractivity contribution in [1.29, 1.82) is 0 Å². The minimum atomic E-state index is -0.354. The molecule has 0 unspecified atom stereocenters. The fraction of sp³-hybridized carbons (Fsp3) is 0.375. The van der Waals surface area contributed by atoms with E-state index in [4.69, 9.17) is 4.74 Å². The number of nitrogens with one attached hydrogen (secondary N) is 2. The molecule has 23 heavy (non-hydrogen) atoms. The second kappa shape index (κ2) is 8.61. The maximum Gasteiger partial charge on any atom is 0.319 e. The standard InChI is InChI=1S/C16H21N3O3S/c1-11-10-23-15(17-11)12-4-3-5-13(8-12)18-16(21)19-14(9-20)6-7-22-2/h3-5,8,10,14,20H,6-7,9H2,1-2H3,(H2,18,19,21)/t14-/m0/s1. The van der Waals surface area contributed by atoms with Gasteiger partial charge >= 0.3 is 6.03 Å². The van der Waals surface area contributed by atoms with E-state index in [-0.39, 0.29) is 18.7 Å². The summed E-state index contributed by atoms with van der Waals surface area (Å²) in [5.74, 6) is 0. The molecule has 0 radical (unpaired) electrons. The Kier molecular flexibility index (Phi) is 6.52. The van der Waals surface area contributed by atoms with Crippen LogP contribution in [0.1, 0.15) is 12.1 Å². The van der Waals surface area contributed by atoms with Crippen LogP contribution in [0, 0.1) is 6.92 Å². The molecule has 1 aromatic heterocycles. The second-order valence-corrected chi connectivity index (χ2v) is 5.99. The molecule has 0 spiro atoms. The van der Waals surface area contributed by atoms with Crippen LogP contribution in [0.4, 0.5) is 10.5 Å². The maximum absolute atomic E-state index is 12.0. The summed E-state index contributed by atoms with van der Waals surface area (Å²) < 4.78 is 4.95. The summed E-state index contributed by atoms with van der Waals surface area (Å²) >= 11 is 1.57. The third-order valence-corrected chi connectivity index (χ3v) is 4.22. The SMILES string of the molecule is COCC[C@@H](CO)NC(=O)Nc1cccc(-c2nc(C)cs2)c1. The quantitative estimate of drug-likeness (QED) is 0.726. The number of rotatable bonds is 7. The van der Waals surface area contributed by atoms with Crippen molar-refractivity contribution in [3.63, 3.8) is 0 Å². The number of hydrogen-bond donors (Lipinski definition) is 3. The average Bonchev–Trinajstić information content (AvgIpc) is 2.98. The number of thiazole rings is 1. The van der Waals surface area contributed by atoms with Gasteiger partial charge in [-0.1, -0.05) is 12.1 Å². The highest BCUT2D eigenvalue weighted by molar-refractivity contribution is 7.13. The Labute approximate surface area is 139 Å². The Morgan fingerprint density at radius 3 is 2.96 bits per heavy atom. The number of carbonyl (C=O) groups excluding carboxylic acids is 1. The van der Waals surface area contributed by atoms with E-state index < -0.39 is 0 Å². The molecule has 0 aliphatic heterocycles. The Morgan fingerprint density at radius 1 is 1.48 bits per heavy atom. The zero-order valence-corrected chi connectivity index (χ0v) is 14.0. The number of urea groups is 1. The molecule has 3 N–H and O–H groups in total. The number of carbonyl (C=O) groups is 1. The number of anilines is 1. The fourth-order valence-electron chi connectivity index (χ4n) is 2.04. The van der Waals surface area contributed by atoms with E-state index in [1.807, 2.05) is 36.6 Å². The van der Waals surface area contributed by atoms with Gasteiger partial charge in [-0.15, -0.1) is 11.3 Å². The predicted octanol–water partition coefficient (Wildman–Crippen LogP) is 2.64. The lowest BCUT2D eigenvalue weighted by atomic mass is 10.2. The zero-order chi connectivity index (χ0) is 16.7. The van der Waals surface area contributed by atoms with Gasteiger partial charge in [-0.05, 0) is 25.5 Å². The molecule has 0 fully saturated rings. The van der Waals surface area contributed by atoms with Crippen molar-refractivity contribution in [1.82, 2.24) is 10.3 Å². The van der Waals surface area contributed by atoms with Gasteiger partial charge in [0.15, 0.2) is 0 Å². The smallest absolute Gasteiger partial charge is 0.319 e. The van der Waals surface area contributed by atoms with Crippen molar-refractivity contribution in [3.8, 4) is 10.6 Å². The largest absolute Gasteiger partial charge is 0.394 e. The molecule has 6 nitrogen and oxygen atoms in total. The monoisotopic (exact) mass is 335 g/mol. The number of amides is 2. The number of ether oxygens (including phenoxy) is 1. The van der Waals surface area contributed by atoms with E-state index >= 15 is 0 Å². The highest BCUT2D eigenvalue weighted by atomic mass is 32.1. The molecular weight excluding hydrogens is 314 g/mol. The van der Waals surface area contributed by atoms with E-state index in [0.29, 0.717) is 18.7 Å². The Balaban J connectivity index is 1.98. The summed E-state index contributed by atoms with van der Waals surface area (Å²) in [4.78, 5) is 16.4. The normalized spacial score (nSPS) is 12.0. The van der Waals surface area contributed by atoms with Crippen LogP contribution in [0.5, 0.6) is 0 Å². The minimum Gasteiger partial charge on any atom is -0.394 e. The van der Waals surface area contributed by atoms with Crippen LogP contribution in [0.15, 0.2) is 29.6 Å². The number of aliphatic hydroxyl groups excluding tert-OH is 1. The van der Waals surface area contributed by atoms with Gasteiger partial charge in [-0.3, -0.25) is 0 Å². The molecule has 7 heteroatoms. The predicted molar refractivity (Wildman–Crippen MR) is 91.8 cm³/mol. The third kappa shape index (κ3) is 5.31. The van der Waals surface area contributed by atoms with E-state index in [9.17, 15) is 9.90 Å². The molecule has 0 aliphatic rings. The van der Waals surface area contributed by atoms with Crippen LogP contribution in [0.2, 0.25) is 0 Å². The summed E-state index contributed by atoms with van der Waals surface area (Å²) in [6.45, 7) is 2.30. The second-order valence-electron chi connectivity index (χ2n) is 5.13. The first-order valence-corrected chi connectivity index (χ1v) is 8.20. The molecule has 1 atom stereocenters. The molecule has 1 heterocycles. The number of aryl methyl sites for hydroxylation is 1. The molecule has 2 aromatic rings. The maximum atomic E-state index is 12.0. The lowest BCUT2D eigenvalue weighted by molar-refractivity contribution is 0.161. The van der Waals surface area contributed by atoms with Gasteiger partial charge in [0, 0.05) is 36.0 Å². The van der Waals surface area contributed by atoms with Crippen LogP contribution in [-0.2, 0) is 4.74 Å². The van der Waals surface area contributed by atoms with Crippen LogP contribution in [-0.4, -0.2) is 42.5 Å². The van der Waals surface area contributed by atoms with Gasteiger partial charge in [0.2, 0.25) is 0 Å². The number of aromatic nitrogens is 1. The average molecular weight is 335 g/mol. The van der Waals surface area contributed by atoms with E-state index in [0.717, 1.165) is 16.3 Å². The number of nitrogens with zero attached hydrogens (tertiary/aromatic N) is 1. The van der Waals surface area contributed by atoms with Crippen LogP contribution >= 0.6 is 11.3 Å². The number of aliphatic hydroxyl groups is 1. The minimum absolute atomic E-state index is 0.130. The summed E-state index contributed by atoms with van der Waals surface area (Å²) in [5, 5.41) is 17.7. The molecule has 0 saturated carbocycles. The summed E-state index contributed by atoms with van der Waals surface area (Å²) in [5.41, 5.74) is 2.61. The van der Waals surface area contributed by atoms with Crippen molar-refractivity contribution < 1.29 is 14.6 Å². The lowest BCUT2D eigenvalue weighted by Gasteiger charge is -2.16. The van der Waals surface area contributed by atoms with Crippen LogP contribution < -0.4 is 10.6 Å². The highest BCUT2D eigenvalue weighted by Gasteiger charge is 2.11. The van der Waals surface area contributed by atoms with Crippen molar-refractivity contribution in [2.45, 2.75) is 19.4 Å². The third-order valence-electron chi connectivity index (χ3n) is 3.21. The van der Waals surface area contributed by atoms with Gasteiger partial charge in [0.1, 0.15) is 5.01 Å². The first kappa shape index (κ1) is 17.4. The van der Waals surface area contributed by atoms with Crippen molar-refractivity contribution in [2.24, 2.45) is 0 Å². The first-order chi connectivity index (χ1) is 11.1. The summed E-state index contributed by atoms with van der Waals surface area (Å²) in [6.07, 6.45) is 0.554. The number of hydrogen-bond acceptors (Lipinski definition) is 5. The highest BCUT2D eigenvalue weighted by Crippen LogP contribution is 2.25. The fourth-order valence-corrected chi connectivity index (χ4v) is 2.83. The van der Waals surface area contributed by atoms with Gasteiger partial charge in [0.05, 0.1) is 12.6 Å². The summed E-state index contributed by atoms with van der Waals surface area (Å²) in [6, 6.07) is 6.83. The van der Waals surface area contributed by atoms with E-state index in [2.05, 4.69) is 15.6 Å². The van der Waals surface area contributed by atoms with Crippen molar-refractivity contribution in [2.75, 3.05) is 25.6 Å². The molecule has 2 rings (SSSR count). The Morgan fingerprint density at radius 2 is 2.30 bits per heavy atom. The molecule has 2 amide bonds. The van der Waals surface area contributed by atoms with Gasteiger partial charge < -0.3 is 20.5 Å². The van der Waals surface area contributed by atoms with Gasteiger partial charge in [-0.2, -0.15) is 0 Å². The molecule has 124 valence electrons. The number of methoxy groups -OCH3 is 1.